The van der Waals surface area contributed by atoms with Gasteiger partial charge >= 0.3 is 0 Å². The molecular weight excluding hydrogens is 314 g/mol. The van der Waals surface area contributed by atoms with Gasteiger partial charge in [-0.1, -0.05) is 36.4 Å². The van der Waals surface area contributed by atoms with Gasteiger partial charge in [0.2, 0.25) is 0 Å². The maximum absolute atomic E-state index is 5.41. The zero-order chi connectivity index (χ0) is 16.6. The van der Waals surface area contributed by atoms with Gasteiger partial charge in [0.1, 0.15) is 0 Å². The summed E-state index contributed by atoms with van der Waals surface area (Å²) in [6.45, 7) is 3.20. The Morgan fingerprint density at radius 2 is 1.79 bits per heavy atom. The van der Waals surface area contributed by atoms with Crippen LogP contribution in [0.15, 0.2) is 54.6 Å². The number of rotatable bonds is 6. The van der Waals surface area contributed by atoms with E-state index in [9.17, 15) is 0 Å². The Hall–Kier alpha value is -2.07. The Morgan fingerprint density at radius 3 is 2.58 bits per heavy atom. The zero-order valence-electron chi connectivity index (χ0n) is 14.0. The maximum Gasteiger partial charge on any atom is 0.170 e. The molecule has 0 bridgehead atoms. The lowest BCUT2D eigenvalue weighted by molar-refractivity contribution is 0.777. The van der Waals surface area contributed by atoms with Crippen molar-refractivity contribution in [2.75, 3.05) is 29.9 Å². The monoisotopic (exact) mass is 339 g/mol. The van der Waals surface area contributed by atoms with Crippen molar-refractivity contribution >= 4 is 28.7 Å². The van der Waals surface area contributed by atoms with Gasteiger partial charge in [-0.3, -0.25) is 0 Å². The second-order valence-electron chi connectivity index (χ2n) is 6.21. The molecule has 1 heterocycles. The fourth-order valence-electron chi connectivity index (χ4n) is 3.07. The molecule has 24 heavy (non-hydrogen) atoms. The Bertz CT molecular complexity index is 651. The van der Waals surface area contributed by atoms with Gasteiger partial charge in [0.15, 0.2) is 5.11 Å². The number of hydrogen-bond donors (Lipinski definition) is 2. The van der Waals surface area contributed by atoms with Crippen molar-refractivity contribution in [3.8, 4) is 0 Å². The van der Waals surface area contributed by atoms with Crippen LogP contribution in [0, 0.1) is 0 Å². The molecule has 1 aliphatic heterocycles. The lowest BCUT2D eigenvalue weighted by atomic mass is 10.1. The molecule has 0 spiro atoms. The maximum atomic E-state index is 5.41. The van der Waals surface area contributed by atoms with E-state index in [-0.39, 0.29) is 0 Å². The van der Waals surface area contributed by atoms with Gasteiger partial charge in [0.05, 0.1) is 0 Å². The summed E-state index contributed by atoms with van der Waals surface area (Å²) in [6.07, 6.45) is 4.72. The third-order valence-corrected chi connectivity index (χ3v) is 4.59. The van der Waals surface area contributed by atoms with Crippen molar-refractivity contribution in [3.63, 3.8) is 0 Å². The van der Waals surface area contributed by atoms with Crippen LogP contribution in [0.1, 0.15) is 24.8 Å². The third kappa shape index (κ3) is 4.96. The topological polar surface area (TPSA) is 27.3 Å². The number of hydrogen-bond acceptors (Lipinski definition) is 2. The van der Waals surface area contributed by atoms with Crippen molar-refractivity contribution < 1.29 is 0 Å². The number of aryl methyl sites for hydroxylation is 1. The summed E-state index contributed by atoms with van der Waals surface area (Å²) in [6, 6.07) is 19.1. The highest BCUT2D eigenvalue weighted by atomic mass is 32.1. The van der Waals surface area contributed by atoms with Crippen LogP contribution in [0.4, 0.5) is 11.4 Å². The SMILES string of the molecule is S=C(NCCCc1ccccc1)Nc1cccc(N2CCCC2)c1. The molecule has 126 valence electrons. The van der Waals surface area contributed by atoms with Crippen LogP contribution in [0.5, 0.6) is 0 Å². The molecule has 0 atom stereocenters. The van der Waals surface area contributed by atoms with E-state index in [2.05, 4.69) is 70.1 Å². The van der Waals surface area contributed by atoms with Crippen LogP contribution in [-0.4, -0.2) is 24.7 Å². The van der Waals surface area contributed by atoms with E-state index in [0.717, 1.165) is 38.2 Å². The van der Waals surface area contributed by atoms with E-state index in [0.29, 0.717) is 5.11 Å². The quantitative estimate of drug-likeness (QED) is 0.609. The molecule has 0 aromatic heterocycles. The van der Waals surface area contributed by atoms with Crippen molar-refractivity contribution in [1.29, 1.82) is 0 Å². The highest BCUT2D eigenvalue weighted by molar-refractivity contribution is 7.80. The van der Waals surface area contributed by atoms with Gasteiger partial charge < -0.3 is 15.5 Å². The molecule has 0 saturated carbocycles. The minimum Gasteiger partial charge on any atom is -0.371 e. The van der Waals surface area contributed by atoms with Gasteiger partial charge in [-0.15, -0.1) is 0 Å². The predicted molar refractivity (Wildman–Crippen MR) is 107 cm³/mol. The van der Waals surface area contributed by atoms with Crippen molar-refractivity contribution in [1.82, 2.24) is 5.32 Å². The summed E-state index contributed by atoms with van der Waals surface area (Å²) in [5.74, 6) is 0. The van der Waals surface area contributed by atoms with Crippen LogP contribution in [0.3, 0.4) is 0 Å². The number of nitrogens with one attached hydrogen (secondary N) is 2. The summed E-state index contributed by atoms with van der Waals surface area (Å²) in [4.78, 5) is 2.43. The van der Waals surface area contributed by atoms with E-state index >= 15 is 0 Å². The highest BCUT2D eigenvalue weighted by Crippen LogP contribution is 2.23. The molecule has 1 saturated heterocycles. The van der Waals surface area contributed by atoms with Gasteiger partial charge in [0.25, 0.3) is 0 Å². The minimum atomic E-state index is 0.696. The number of nitrogens with zero attached hydrogens (tertiary/aromatic N) is 1. The zero-order valence-corrected chi connectivity index (χ0v) is 14.8. The average molecular weight is 340 g/mol. The Balaban J connectivity index is 1.42. The van der Waals surface area contributed by atoms with Gasteiger partial charge in [-0.2, -0.15) is 0 Å². The molecule has 2 aromatic carbocycles. The Kier molecular flexibility index (Phi) is 6.07. The van der Waals surface area contributed by atoms with Crippen molar-refractivity contribution in [2.45, 2.75) is 25.7 Å². The summed E-state index contributed by atoms with van der Waals surface area (Å²) in [7, 11) is 0. The molecule has 2 N–H and O–H groups in total. The predicted octanol–water partition coefficient (Wildman–Crippen LogP) is 4.21. The van der Waals surface area contributed by atoms with E-state index in [1.165, 1.54) is 24.1 Å². The first-order valence-corrected chi connectivity index (χ1v) is 9.16. The number of anilines is 2. The summed E-state index contributed by atoms with van der Waals surface area (Å²) >= 11 is 5.41. The van der Waals surface area contributed by atoms with Crippen LogP contribution < -0.4 is 15.5 Å². The molecule has 0 unspecified atom stereocenters. The van der Waals surface area contributed by atoms with E-state index < -0.39 is 0 Å². The first-order chi connectivity index (χ1) is 11.8. The molecule has 1 fully saturated rings. The first-order valence-electron chi connectivity index (χ1n) is 8.75. The van der Waals surface area contributed by atoms with Crippen LogP contribution >= 0.6 is 12.2 Å². The van der Waals surface area contributed by atoms with Crippen molar-refractivity contribution in [3.05, 3.63) is 60.2 Å². The lowest BCUT2D eigenvalue weighted by Gasteiger charge is -2.19. The molecule has 1 aliphatic rings. The molecule has 2 aromatic rings. The smallest absolute Gasteiger partial charge is 0.170 e. The molecule has 3 rings (SSSR count). The summed E-state index contributed by atoms with van der Waals surface area (Å²) < 4.78 is 0. The van der Waals surface area contributed by atoms with Gasteiger partial charge in [-0.25, -0.2) is 0 Å². The van der Waals surface area contributed by atoms with Crippen molar-refractivity contribution in [2.24, 2.45) is 0 Å². The molecule has 4 heteroatoms. The number of benzene rings is 2. The standard InChI is InChI=1S/C20H25N3S/c24-20(21-13-7-10-17-8-2-1-3-9-17)22-18-11-6-12-19(16-18)23-14-4-5-15-23/h1-3,6,8-9,11-12,16H,4-5,7,10,13-15H2,(H2,21,22,24). The molecule has 0 amide bonds. The Morgan fingerprint density at radius 1 is 1.00 bits per heavy atom. The largest absolute Gasteiger partial charge is 0.371 e. The molecule has 0 radical (unpaired) electrons. The molecular formula is C20H25N3S. The molecule has 0 aliphatic carbocycles. The summed E-state index contributed by atoms with van der Waals surface area (Å²) in [5, 5.41) is 7.29. The number of thiocarbonyl (C=S) groups is 1. The molecule has 3 nitrogen and oxygen atoms in total. The second-order valence-corrected chi connectivity index (χ2v) is 6.62. The Labute approximate surface area is 150 Å². The van der Waals surface area contributed by atoms with Crippen LogP contribution in [-0.2, 0) is 6.42 Å². The normalized spacial score (nSPS) is 13.8. The fourth-order valence-corrected chi connectivity index (χ4v) is 3.29. The van der Waals surface area contributed by atoms with E-state index in [1.807, 2.05) is 0 Å². The highest BCUT2D eigenvalue weighted by Gasteiger charge is 2.12. The first kappa shape index (κ1) is 16.8. The van der Waals surface area contributed by atoms with Gasteiger partial charge in [-0.05, 0) is 61.7 Å². The van der Waals surface area contributed by atoms with E-state index in [1.54, 1.807) is 0 Å². The summed E-state index contributed by atoms with van der Waals surface area (Å²) in [5.41, 5.74) is 3.71. The average Bonchev–Trinajstić information content (AvgIpc) is 3.15. The van der Waals surface area contributed by atoms with Gasteiger partial charge in [0, 0.05) is 31.0 Å². The fraction of sp³-hybridized carbons (Fsp3) is 0.350. The second kappa shape index (κ2) is 8.69. The third-order valence-electron chi connectivity index (χ3n) is 4.35. The minimum absolute atomic E-state index is 0.696. The van der Waals surface area contributed by atoms with Crippen LogP contribution in [0.25, 0.3) is 0 Å². The lowest BCUT2D eigenvalue weighted by Crippen LogP contribution is -2.29. The van der Waals surface area contributed by atoms with E-state index in [4.69, 9.17) is 12.2 Å². The van der Waals surface area contributed by atoms with Crippen LogP contribution in [0.2, 0.25) is 0 Å².